The molecule has 0 bridgehead atoms. The highest BCUT2D eigenvalue weighted by Gasteiger charge is 2.14. The monoisotopic (exact) mass is 337 g/mol. The molecule has 0 fully saturated rings. The van der Waals surface area contributed by atoms with Crippen LogP contribution in [-0.2, 0) is 0 Å². The zero-order chi connectivity index (χ0) is 17.8. The van der Waals surface area contributed by atoms with Gasteiger partial charge in [0.25, 0.3) is 11.5 Å². The number of aromatic nitrogens is 2. The number of aryl methyl sites for hydroxylation is 1. The standard InChI is InChI=1S/C19H19N3O3/c1-13-7-8-17-21-11-15(19(25)22(17)12-13)18(24)20-10-9-16(23)14-5-3-2-4-6-14/h2-8,11-12,16,23H,9-10H2,1H3,(H,20,24). The number of hydrogen-bond acceptors (Lipinski definition) is 4. The van der Waals surface area contributed by atoms with Gasteiger partial charge >= 0.3 is 0 Å². The first kappa shape index (κ1) is 16.9. The van der Waals surface area contributed by atoms with Crippen molar-refractivity contribution in [1.82, 2.24) is 14.7 Å². The van der Waals surface area contributed by atoms with Crippen LogP contribution in [0.15, 0.2) is 59.7 Å². The normalized spacial score (nSPS) is 12.1. The van der Waals surface area contributed by atoms with Gasteiger partial charge in [-0.1, -0.05) is 36.4 Å². The molecule has 3 rings (SSSR count). The van der Waals surface area contributed by atoms with Crippen LogP contribution in [0, 0.1) is 6.92 Å². The zero-order valence-electron chi connectivity index (χ0n) is 13.8. The fraction of sp³-hybridized carbons (Fsp3) is 0.211. The lowest BCUT2D eigenvalue weighted by Crippen LogP contribution is -2.32. The first-order valence-electron chi connectivity index (χ1n) is 8.05. The van der Waals surface area contributed by atoms with Crippen molar-refractivity contribution < 1.29 is 9.90 Å². The van der Waals surface area contributed by atoms with Gasteiger partial charge in [0.1, 0.15) is 11.2 Å². The Kier molecular flexibility index (Phi) is 4.90. The van der Waals surface area contributed by atoms with Crippen molar-refractivity contribution in [3.05, 3.63) is 81.9 Å². The van der Waals surface area contributed by atoms with Crippen molar-refractivity contribution in [3.8, 4) is 0 Å². The van der Waals surface area contributed by atoms with Gasteiger partial charge in [-0.3, -0.25) is 14.0 Å². The Hall–Kier alpha value is -2.99. The maximum Gasteiger partial charge on any atom is 0.270 e. The predicted octanol–water partition coefficient (Wildman–Crippen LogP) is 1.86. The number of rotatable bonds is 5. The van der Waals surface area contributed by atoms with Crippen molar-refractivity contribution in [2.45, 2.75) is 19.4 Å². The van der Waals surface area contributed by atoms with E-state index in [9.17, 15) is 14.7 Å². The molecular formula is C19H19N3O3. The molecule has 1 atom stereocenters. The summed E-state index contributed by atoms with van der Waals surface area (Å²) in [4.78, 5) is 28.9. The van der Waals surface area contributed by atoms with Crippen LogP contribution in [0.1, 0.15) is 34.0 Å². The average Bonchev–Trinajstić information content (AvgIpc) is 2.63. The molecular weight excluding hydrogens is 318 g/mol. The second-order valence-corrected chi connectivity index (χ2v) is 5.88. The third-order valence-corrected chi connectivity index (χ3v) is 3.98. The lowest BCUT2D eigenvalue weighted by molar-refractivity contribution is 0.0940. The number of benzene rings is 1. The van der Waals surface area contributed by atoms with Crippen LogP contribution in [0.5, 0.6) is 0 Å². The highest BCUT2D eigenvalue weighted by atomic mass is 16.3. The van der Waals surface area contributed by atoms with Gasteiger partial charge in [0.15, 0.2) is 0 Å². The van der Waals surface area contributed by atoms with Crippen LogP contribution in [-0.4, -0.2) is 26.9 Å². The van der Waals surface area contributed by atoms with Crippen LogP contribution in [0.4, 0.5) is 0 Å². The molecule has 0 saturated carbocycles. The number of hydrogen-bond donors (Lipinski definition) is 2. The Labute approximate surface area is 144 Å². The number of nitrogens with zero attached hydrogens (tertiary/aromatic N) is 2. The minimum atomic E-state index is -0.667. The number of aliphatic hydroxyl groups excluding tert-OH is 1. The predicted molar refractivity (Wildman–Crippen MR) is 94.6 cm³/mol. The van der Waals surface area contributed by atoms with E-state index in [4.69, 9.17) is 0 Å². The Morgan fingerprint density at radius 3 is 2.76 bits per heavy atom. The number of fused-ring (bicyclic) bond motifs is 1. The highest BCUT2D eigenvalue weighted by Crippen LogP contribution is 2.14. The number of pyridine rings is 1. The van der Waals surface area contributed by atoms with E-state index in [-0.39, 0.29) is 12.1 Å². The number of carbonyl (C=O) groups excluding carboxylic acids is 1. The Morgan fingerprint density at radius 1 is 1.24 bits per heavy atom. The van der Waals surface area contributed by atoms with Gasteiger partial charge < -0.3 is 10.4 Å². The van der Waals surface area contributed by atoms with E-state index in [0.29, 0.717) is 12.1 Å². The highest BCUT2D eigenvalue weighted by molar-refractivity contribution is 5.93. The van der Waals surface area contributed by atoms with Gasteiger partial charge in [-0.15, -0.1) is 0 Å². The minimum absolute atomic E-state index is 0.0164. The maximum absolute atomic E-state index is 12.5. The fourth-order valence-electron chi connectivity index (χ4n) is 2.60. The second kappa shape index (κ2) is 7.27. The van der Waals surface area contributed by atoms with Gasteiger partial charge in [-0.2, -0.15) is 0 Å². The summed E-state index contributed by atoms with van der Waals surface area (Å²) in [6.45, 7) is 2.12. The first-order chi connectivity index (χ1) is 12.1. The molecule has 3 aromatic rings. The van der Waals surface area contributed by atoms with E-state index >= 15 is 0 Å². The third-order valence-electron chi connectivity index (χ3n) is 3.98. The molecule has 0 aliphatic rings. The molecule has 0 radical (unpaired) electrons. The van der Waals surface area contributed by atoms with Crippen LogP contribution in [0.25, 0.3) is 5.65 Å². The van der Waals surface area contributed by atoms with E-state index < -0.39 is 17.6 Å². The summed E-state index contributed by atoms with van der Waals surface area (Å²) in [5.74, 6) is -0.492. The van der Waals surface area contributed by atoms with Gasteiger partial charge in [-0.05, 0) is 30.5 Å². The molecule has 6 nitrogen and oxygen atoms in total. The summed E-state index contributed by atoms with van der Waals surface area (Å²) in [7, 11) is 0. The van der Waals surface area contributed by atoms with Gasteiger partial charge in [-0.25, -0.2) is 4.98 Å². The lowest BCUT2D eigenvalue weighted by Gasteiger charge is -2.11. The summed E-state index contributed by atoms with van der Waals surface area (Å²) in [5.41, 5.74) is 1.76. The van der Waals surface area contributed by atoms with Gasteiger partial charge in [0.05, 0.1) is 6.10 Å². The van der Waals surface area contributed by atoms with Gasteiger partial charge in [0.2, 0.25) is 0 Å². The van der Waals surface area contributed by atoms with E-state index in [0.717, 1.165) is 11.1 Å². The maximum atomic E-state index is 12.5. The van der Waals surface area contributed by atoms with Crippen LogP contribution in [0.3, 0.4) is 0 Å². The van der Waals surface area contributed by atoms with Crippen LogP contribution < -0.4 is 10.9 Å². The largest absolute Gasteiger partial charge is 0.388 e. The van der Waals surface area contributed by atoms with Gasteiger partial charge in [0, 0.05) is 18.9 Å². The van der Waals surface area contributed by atoms with Crippen molar-refractivity contribution in [2.24, 2.45) is 0 Å². The first-order valence-corrected chi connectivity index (χ1v) is 8.05. The third kappa shape index (κ3) is 3.75. The molecule has 25 heavy (non-hydrogen) atoms. The smallest absolute Gasteiger partial charge is 0.270 e. The SMILES string of the molecule is Cc1ccc2ncc(C(=O)NCCC(O)c3ccccc3)c(=O)n2c1. The summed E-state index contributed by atoms with van der Waals surface area (Å²) >= 11 is 0. The molecule has 128 valence electrons. The van der Waals surface area contributed by atoms with Crippen LogP contribution in [0.2, 0.25) is 0 Å². The van der Waals surface area contributed by atoms with Crippen LogP contribution >= 0.6 is 0 Å². The molecule has 2 heterocycles. The van der Waals surface area contributed by atoms with Crippen molar-refractivity contribution >= 4 is 11.6 Å². The lowest BCUT2D eigenvalue weighted by atomic mass is 10.1. The Balaban J connectivity index is 1.68. The molecule has 0 saturated heterocycles. The number of aliphatic hydroxyl groups is 1. The van der Waals surface area contributed by atoms with E-state index in [1.807, 2.05) is 43.3 Å². The molecule has 1 unspecified atom stereocenters. The Bertz CT molecular complexity index is 951. The molecule has 2 N–H and O–H groups in total. The molecule has 0 aliphatic heterocycles. The van der Waals surface area contributed by atoms with Crippen molar-refractivity contribution in [3.63, 3.8) is 0 Å². The number of carbonyl (C=O) groups is 1. The van der Waals surface area contributed by atoms with E-state index in [1.165, 1.54) is 10.6 Å². The van der Waals surface area contributed by atoms with E-state index in [1.54, 1.807) is 12.3 Å². The summed E-state index contributed by atoms with van der Waals surface area (Å²) in [6.07, 6.45) is 2.63. The molecule has 1 aromatic carbocycles. The second-order valence-electron chi connectivity index (χ2n) is 5.88. The fourth-order valence-corrected chi connectivity index (χ4v) is 2.60. The summed E-state index contributed by atoms with van der Waals surface area (Å²) < 4.78 is 1.36. The molecule has 0 aliphatic carbocycles. The summed E-state index contributed by atoms with van der Waals surface area (Å²) in [5, 5.41) is 12.8. The van der Waals surface area contributed by atoms with Crippen molar-refractivity contribution in [1.29, 1.82) is 0 Å². The zero-order valence-corrected chi connectivity index (χ0v) is 13.8. The Morgan fingerprint density at radius 2 is 2.00 bits per heavy atom. The van der Waals surface area contributed by atoms with E-state index in [2.05, 4.69) is 10.3 Å². The topological polar surface area (TPSA) is 83.7 Å². The minimum Gasteiger partial charge on any atom is -0.388 e. The quantitative estimate of drug-likeness (QED) is 0.744. The average molecular weight is 337 g/mol. The van der Waals surface area contributed by atoms with Crippen molar-refractivity contribution in [2.75, 3.05) is 6.54 Å². The summed E-state index contributed by atoms with van der Waals surface area (Å²) in [6, 6.07) is 12.8. The molecule has 2 aromatic heterocycles. The molecule has 6 heteroatoms. The molecule has 0 spiro atoms. The molecule has 1 amide bonds. The number of amides is 1. The number of nitrogens with one attached hydrogen (secondary N) is 1.